The number of hydrogen-bond acceptors (Lipinski definition) is 4. The van der Waals surface area contributed by atoms with Gasteiger partial charge in [-0.25, -0.2) is 4.79 Å². The van der Waals surface area contributed by atoms with E-state index in [1.165, 1.54) is 6.92 Å². The molecule has 0 saturated carbocycles. The Labute approximate surface area is 188 Å². The molecule has 3 rings (SSSR count). The first-order valence-corrected chi connectivity index (χ1v) is 10.7. The van der Waals surface area contributed by atoms with E-state index >= 15 is 0 Å². The summed E-state index contributed by atoms with van der Waals surface area (Å²) in [6.45, 7) is 7.42. The minimum Gasteiger partial charge on any atom is -0.582 e. The Morgan fingerprint density at radius 1 is 1.25 bits per heavy atom. The minimum atomic E-state index is -0.996. The van der Waals surface area contributed by atoms with Crippen molar-refractivity contribution in [2.24, 2.45) is 4.99 Å². The molecule has 4 N–H and O–H groups in total. The van der Waals surface area contributed by atoms with Gasteiger partial charge in [-0.2, -0.15) is 4.99 Å². The van der Waals surface area contributed by atoms with E-state index in [0.717, 1.165) is 11.1 Å². The SMILES string of the molecule is CC([OH2+])=NC(=N)c1ccc([C@H](C)N2CC[C@](CC(C)(C)O)(c3ccccc3)OC2=O)cc1. The van der Waals surface area contributed by atoms with Gasteiger partial charge in [-0.05, 0) is 31.9 Å². The molecular formula is C25H32N3O4+. The van der Waals surface area contributed by atoms with Crippen LogP contribution in [0.1, 0.15) is 63.3 Å². The van der Waals surface area contributed by atoms with Gasteiger partial charge in [0.25, 0.3) is 0 Å². The normalized spacial score (nSPS) is 20.6. The largest absolute Gasteiger partial charge is 0.582 e. The van der Waals surface area contributed by atoms with E-state index in [4.69, 9.17) is 15.3 Å². The maximum atomic E-state index is 13.1. The molecule has 7 heteroatoms. The van der Waals surface area contributed by atoms with Crippen LogP contribution in [0, 0.1) is 5.41 Å². The Hall–Kier alpha value is -3.19. The molecule has 7 nitrogen and oxygen atoms in total. The summed E-state index contributed by atoms with van der Waals surface area (Å²) in [6.07, 6.45) is 0.463. The van der Waals surface area contributed by atoms with E-state index in [2.05, 4.69) is 4.99 Å². The van der Waals surface area contributed by atoms with E-state index in [1.54, 1.807) is 30.9 Å². The average molecular weight is 439 g/mol. The quantitative estimate of drug-likeness (QED) is 0.402. The summed E-state index contributed by atoms with van der Waals surface area (Å²) in [5.41, 5.74) is 0.541. The van der Waals surface area contributed by atoms with Gasteiger partial charge in [0.15, 0.2) is 5.84 Å². The zero-order chi connectivity index (χ0) is 23.5. The highest BCUT2D eigenvalue weighted by atomic mass is 16.6. The van der Waals surface area contributed by atoms with E-state index in [0.29, 0.717) is 24.9 Å². The number of nitrogens with one attached hydrogen (secondary N) is 1. The van der Waals surface area contributed by atoms with E-state index < -0.39 is 17.3 Å². The van der Waals surface area contributed by atoms with Crippen LogP contribution in [0.2, 0.25) is 0 Å². The van der Waals surface area contributed by atoms with Gasteiger partial charge in [0.05, 0.1) is 18.6 Å². The van der Waals surface area contributed by atoms with Gasteiger partial charge < -0.3 is 19.8 Å². The molecule has 1 amide bonds. The number of amidine groups is 1. The molecule has 0 spiro atoms. The number of hydrogen-bond donors (Lipinski definition) is 2. The topological polar surface area (TPSA) is 109 Å². The van der Waals surface area contributed by atoms with Crippen LogP contribution in [0.25, 0.3) is 0 Å². The predicted octanol–water partition coefficient (Wildman–Crippen LogP) is 4.11. The summed E-state index contributed by atoms with van der Waals surface area (Å²) in [4.78, 5) is 18.7. The predicted molar refractivity (Wildman–Crippen MR) is 125 cm³/mol. The van der Waals surface area contributed by atoms with Crippen molar-refractivity contribution in [1.82, 2.24) is 4.90 Å². The number of amides is 1. The van der Waals surface area contributed by atoms with E-state index in [-0.39, 0.29) is 17.8 Å². The number of benzene rings is 2. The Morgan fingerprint density at radius 3 is 2.41 bits per heavy atom. The van der Waals surface area contributed by atoms with Crippen molar-refractivity contribution < 1.29 is 19.7 Å². The summed E-state index contributed by atoms with van der Waals surface area (Å²) in [5, 5.41) is 25.9. The van der Waals surface area contributed by atoms with Crippen molar-refractivity contribution in [2.45, 2.75) is 57.8 Å². The van der Waals surface area contributed by atoms with Crippen molar-refractivity contribution in [2.75, 3.05) is 6.54 Å². The zero-order valence-corrected chi connectivity index (χ0v) is 19.1. The highest BCUT2D eigenvalue weighted by molar-refractivity contribution is 6.02. The Balaban J connectivity index is 1.80. The van der Waals surface area contributed by atoms with Crippen LogP contribution >= 0.6 is 0 Å². The first-order valence-electron chi connectivity index (χ1n) is 10.7. The van der Waals surface area contributed by atoms with Crippen molar-refractivity contribution in [3.8, 4) is 0 Å². The maximum Gasteiger partial charge on any atom is 0.411 e. The molecule has 0 aliphatic carbocycles. The molecule has 0 aromatic heterocycles. The molecule has 0 unspecified atom stereocenters. The summed E-state index contributed by atoms with van der Waals surface area (Å²) in [7, 11) is 0. The lowest BCUT2D eigenvalue weighted by molar-refractivity contribution is -0.101. The van der Waals surface area contributed by atoms with Gasteiger partial charge in [0, 0.05) is 24.9 Å². The maximum absolute atomic E-state index is 13.1. The van der Waals surface area contributed by atoms with Crippen LogP contribution in [0.4, 0.5) is 4.79 Å². The molecule has 2 aromatic carbocycles. The molecule has 170 valence electrons. The van der Waals surface area contributed by atoms with Crippen LogP contribution in [0.15, 0.2) is 59.6 Å². The summed E-state index contributed by atoms with van der Waals surface area (Å²) in [5.74, 6) is 0.116. The van der Waals surface area contributed by atoms with Gasteiger partial charge in [0.2, 0.25) is 0 Å². The fraction of sp³-hybridized carbons (Fsp3) is 0.400. The molecule has 0 bridgehead atoms. The average Bonchev–Trinajstić information content (AvgIpc) is 2.72. The third-order valence-corrected chi connectivity index (χ3v) is 5.71. The number of cyclic esters (lactones) is 1. The molecular weight excluding hydrogens is 406 g/mol. The van der Waals surface area contributed by atoms with Crippen LogP contribution in [-0.2, 0) is 10.3 Å². The van der Waals surface area contributed by atoms with Crippen LogP contribution < -0.4 is 0 Å². The molecule has 2 aromatic rings. The number of carbonyl (C=O) groups is 1. The number of aliphatic hydroxyl groups is 1. The van der Waals surface area contributed by atoms with Crippen molar-refractivity contribution in [3.05, 3.63) is 71.3 Å². The molecule has 1 heterocycles. The first-order chi connectivity index (χ1) is 15.0. The van der Waals surface area contributed by atoms with Gasteiger partial charge in [-0.1, -0.05) is 54.6 Å². The lowest BCUT2D eigenvalue weighted by Crippen LogP contribution is -2.51. The number of carbonyl (C=O) groups excluding carboxylic acids is 1. The number of aliphatic imine (C=N–C) groups is 1. The molecule has 1 aliphatic heterocycles. The standard InChI is InChI=1S/C25H31N3O4/c1-17(19-10-12-20(13-11-19)22(26)27-18(2)29)28-15-14-25(32-23(28)30,16-24(3,4)31)21-8-6-5-7-9-21/h5-13,17,31H,14-16H2,1-4H3,(H2,26,27,29)/p+1/t17-,25-/m0/s1. The second-order valence-corrected chi connectivity index (χ2v) is 9.00. The fourth-order valence-corrected chi connectivity index (χ4v) is 4.22. The first kappa shape index (κ1) is 23.5. The Kier molecular flexibility index (Phi) is 6.69. The lowest BCUT2D eigenvalue weighted by atomic mass is 9.80. The van der Waals surface area contributed by atoms with Crippen molar-refractivity contribution >= 4 is 17.8 Å². The monoisotopic (exact) mass is 438 g/mol. The number of rotatable bonds is 6. The smallest absolute Gasteiger partial charge is 0.411 e. The van der Waals surface area contributed by atoms with Crippen LogP contribution in [0.5, 0.6) is 0 Å². The molecule has 1 aliphatic rings. The van der Waals surface area contributed by atoms with E-state index in [9.17, 15) is 9.90 Å². The minimum absolute atomic E-state index is 0.0355. The highest BCUT2D eigenvalue weighted by Gasteiger charge is 2.46. The van der Waals surface area contributed by atoms with Gasteiger partial charge >= 0.3 is 12.0 Å². The number of ether oxygens (including phenoxy) is 1. The molecule has 1 fully saturated rings. The second kappa shape index (κ2) is 9.12. The van der Waals surface area contributed by atoms with Crippen molar-refractivity contribution in [3.63, 3.8) is 0 Å². The second-order valence-electron chi connectivity index (χ2n) is 9.00. The van der Waals surface area contributed by atoms with Crippen LogP contribution in [-0.4, -0.2) is 45.1 Å². The number of nitrogens with zero attached hydrogens (tertiary/aromatic N) is 2. The highest BCUT2D eigenvalue weighted by Crippen LogP contribution is 2.42. The van der Waals surface area contributed by atoms with E-state index in [1.807, 2.05) is 49.4 Å². The zero-order valence-electron chi connectivity index (χ0n) is 19.1. The summed E-state index contributed by atoms with van der Waals surface area (Å²) < 4.78 is 6.05. The molecule has 0 radical (unpaired) electrons. The fourth-order valence-electron chi connectivity index (χ4n) is 4.22. The van der Waals surface area contributed by atoms with Crippen molar-refractivity contribution in [1.29, 1.82) is 5.41 Å². The Bertz CT molecular complexity index is 992. The Morgan fingerprint density at radius 2 is 1.88 bits per heavy atom. The van der Waals surface area contributed by atoms with Crippen LogP contribution in [0.3, 0.4) is 0 Å². The summed E-state index contributed by atoms with van der Waals surface area (Å²) in [6, 6.07) is 16.7. The lowest BCUT2D eigenvalue weighted by Gasteiger charge is -2.45. The third-order valence-electron chi connectivity index (χ3n) is 5.71. The van der Waals surface area contributed by atoms with Gasteiger partial charge in [-0.3, -0.25) is 5.41 Å². The van der Waals surface area contributed by atoms with Gasteiger partial charge in [0.1, 0.15) is 5.60 Å². The third kappa shape index (κ3) is 5.34. The molecule has 1 saturated heterocycles. The summed E-state index contributed by atoms with van der Waals surface area (Å²) >= 11 is 0. The van der Waals surface area contributed by atoms with Gasteiger partial charge in [-0.15, -0.1) is 0 Å². The molecule has 32 heavy (non-hydrogen) atoms. The molecule has 2 atom stereocenters.